The highest BCUT2D eigenvalue weighted by Gasteiger charge is 2.26. The average molecular weight is 451 g/mol. The molecule has 0 spiro atoms. The summed E-state index contributed by atoms with van der Waals surface area (Å²) in [6.45, 7) is 1.78. The molecule has 3 aromatic rings. The van der Waals surface area contributed by atoms with Crippen LogP contribution in [0.25, 0.3) is 11.1 Å². The first-order valence-corrected chi connectivity index (χ1v) is 12.1. The van der Waals surface area contributed by atoms with Crippen LogP contribution < -0.4 is 10.1 Å². The molecule has 0 saturated carbocycles. The smallest absolute Gasteiger partial charge is 0.251 e. The first kappa shape index (κ1) is 22.0. The quantitative estimate of drug-likeness (QED) is 0.528. The standard InChI is InChI=1S/C25H26N2O4S/c28-25(22-10-8-21(9-11-22)20-6-2-1-3-7-20)26-16-19-31-23-12-14-24(15-13-23)32(29,30)27-17-4-5-18-27/h1-3,6-15H,4-5,16-19H2,(H,26,28). The number of benzene rings is 3. The number of hydrogen-bond acceptors (Lipinski definition) is 4. The van der Waals surface area contributed by atoms with E-state index in [-0.39, 0.29) is 17.4 Å². The Kier molecular flexibility index (Phi) is 6.87. The monoisotopic (exact) mass is 450 g/mol. The predicted octanol–water partition coefficient (Wildman–Crippen LogP) is 3.95. The van der Waals surface area contributed by atoms with E-state index in [4.69, 9.17) is 4.74 Å². The van der Waals surface area contributed by atoms with Crippen molar-refractivity contribution in [2.24, 2.45) is 0 Å². The van der Waals surface area contributed by atoms with Crippen LogP contribution in [0, 0.1) is 0 Å². The van der Waals surface area contributed by atoms with Gasteiger partial charge >= 0.3 is 0 Å². The zero-order valence-electron chi connectivity index (χ0n) is 17.7. The van der Waals surface area contributed by atoms with Gasteiger partial charge in [-0.1, -0.05) is 42.5 Å². The molecule has 0 unspecified atom stereocenters. The lowest BCUT2D eigenvalue weighted by Gasteiger charge is -2.15. The zero-order valence-corrected chi connectivity index (χ0v) is 18.6. The molecule has 0 bridgehead atoms. The van der Waals surface area contributed by atoms with E-state index >= 15 is 0 Å². The van der Waals surface area contributed by atoms with Crippen LogP contribution in [0.5, 0.6) is 5.75 Å². The molecule has 1 aliphatic rings. The largest absolute Gasteiger partial charge is 0.492 e. The van der Waals surface area contributed by atoms with Crippen LogP contribution in [-0.2, 0) is 10.0 Å². The fraction of sp³-hybridized carbons (Fsp3) is 0.240. The Bertz CT molecular complexity index is 1140. The van der Waals surface area contributed by atoms with Crippen molar-refractivity contribution >= 4 is 15.9 Å². The Morgan fingerprint density at radius 2 is 1.47 bits per heavy atom. The molecule has 166 valence electrons. The van der Waals surface area contributed by atoms with E-state index in [2.05, 4.69) is 5.32 Å². The molecule has 1 aliphatic heterocycles. The van der Waals surface area contributed by atoms with Gasteiger partial charge in [-0.2, -0.15) is 4.31 Å². The van der Waals surface area contributed by atoms with E-state index in [9.17, 15) is 13.2 Å². The van der Waals surface area contributed by atoms with Crippen molar-refractivity contribution in [1.82, 2.24) is 9.62 Å². The lowest BCUT2D eigenvalue weighted by Crippen LogP contribution is -2.28. The molecule has 32 heavy (non-hydrogen) atoms. The van der Waals surface area contributed by atoms with Crippen LogP contribution in [0.4, 0.5) is 0 Å². The number of nitrogens with one attached hydrogen (secondary N) is 1. The molecule has 0 aliphatic carbocycles. The number of carbonyl (C=O) groups excluding carboxylic acids is 1. The molecule has 1 N–H and O–H groups in total. The third-order valence-corrected chi connectivity index (χ3v) is 7.35. The topological polar surface area (TPSA) is 75.7 Å². The Morgan fingerprint density at radius 1 is 0.844 bits per heavy atom. The summed E-state index contributed by atoms with van der Waals surface area (Å²) in [4.78, 5) is 12.6. The molecule has 0 atom stereocenters. The summed E-state index contributed by atoms with van der Waals surface area (Å²) in [7, 11) is -3.42. The van der Waals surface area contributed by atoms with E-state index in [1.54, 1.807) is 36.4 Å². The second-order valence-electron chi connectivity index (χ2n) is 7.63. The molecule has 1 amide bonds. The van der Waals surface area contributed by atoms with Crippen LogP contribution in [0.2, 0.25) is 0 Å². The van der Waals surface area contributed by atoms with Gasteiger partial charge < -0.3 is 10.1 Å². The maximum atomic E-state index is 12.6. The highest BCUT2D eigenvalue weighted by molar-refractivity contribution is 7.89. The fourth-order valence-electron chi connectivity index (χ4n) is 3.67. The third-order valence-electron chi connectivity index (χ3n) is 5.44. The first-order chi connectivity index (χ1) is 15.5. The summed E-state index contributed by atoms with van der Waals surface area (Å²) in [5.41, 5.74) is 2.74. The maximum Gasteiger partial charge on any atom is 0.251 e. The van der Waals surface area contributed by atoms with Crippen LogP contribution in [0.1, 0.15) is 23.2 Å². The predicted molar refractivity (Wildman–Crippen MR) is 124 cm³/mol. The number of hydrogen-bond donors (Lipinski definition) is 1. The van der Waals surface area contributed by atoms with Gasteiger partial charge in [0, 0.05) is 18.7 Å². The van der Waals surface area contributed by atoms with Crippen molar-refractivity contribution in [3.63, 3.8) is 0 Å². The number of sulfonamides is 1. The fourth-order valence-corrected chi connectivity index (χ4v) is 5.18. The molecule has 4 rings (SSSR count). The van der Waals surface area contributed by atoms with Crippen molar-refractivity contribution in [2.45, 2.75) is 17.7 Å². The third kappa shape index (κ3) is 5.18. The van der Waals surface area contributed by atoms with Crippen LogP contribution in [0.3, 0.4) is 0 Å². The van der Waals surface area contributed by atoms with Crippen molar-refractivity contribution in [2.75, 3.05) is 26.2 Å². The second-order valence-corrected chi connectivity index (χ2v) is 9.57. The van der Waals surface area contributed by atoms with Gasteiger partial charge in [-0.3, -0.25) is 4.79 Å². The molecular formula is C25H26N2O4S. The zero-order chi connectivity index (χ0) is 22.4. The molecule has 1 saturated heterocycles. The summed E-state index contributed by atoms with van der Waals surface area (Å²) < 4.78 is 32.3. The lowest BCUT2D eigenvalue weighted by atomic mass is 10.0. The molecule has 6 nitrogen and oxygen atoms in total. The molecule has 3 aromatic carbocycles. The molecule has 1 fully saturated rings. The van der Waals surface area contributed by atoms with Gasteiger partial charge in [-0.15, -0.1) is 0 Å². The molecule has 7 heteroatoms. The molecule has 1 heterocycles. The van der Waals surface area contributed by atoms with Gasteiger partial charge in [-0.05, 0) is 60.4 Å². The highest BCUT2D eigenvalue weighted by atomic mass is 32.2. The molecular weight excluding hydrogens is 424 g/mol. The Hall–Kier alpha value is -3.16. The summed E-state index contributed by atoms with van der Waals surface area (Å²) in [5, 5.41) is 2.83. The SMILES string of the molecule is O=C(NCCOc1ccc(S(=O)(=O)N2CCCC2)cc1)c1ccc(-c2ccccc2)cc1. The number of ether oxygens (including phenoxy) is 1. The van der Waals surface area contributed by atoms with Crippen molar-refractivity contribution < 1.29 is 17.9 Å². The van der Waals surface area contributed by atoms with Crippen molar-refractivity contribution in [1.29, 1.82) is 0 Å². The summed E-state index contributed by atoms with van der Waals surface area (Å²) in [5.74, 6) is 0.395. The number of amides is 1. The maximum absolute atomic E-state index is 12.6. The van der Waals surface area contributed by atoms with Gasteiger partial charge in [0.25, 0.3) is 5.91 Å². The second kappa shape index (κ2) is 9.97. The van der Waals surface area contributed by atoms with Gasteiger partial charge in [0.2, 0.25) is 10.0 Å². The first-order valence-electron chi connectivity index (χ1n) is 10.7. The highest BCUT2D eigenvalue weighted by Crippen LogP contribution is 2.23. The van der Waals surface area contributed by atoms with Gasteiger partial charge in [0.05, 0.1) is 11.4 Å². The van der Waals surface area contributed by atoms with Crippen molar-refractivity contribution in [3.05, 3.63) is 84.4 Å². The lowest BCUT2D eigenvalue weighted by molar-refractivity contribution is 0.0947. The van der Waals surface area contributed by atoms with Crippen LogP contribution in [-0.4, -0.2) is 44.9 Å². The summed E-state index contributed by atoms with van der Waals surface area (Å²) in [6.07, 6.45) is 1.81. The van der Waals surface area contributed by atoms with E-state index in [1.807, 2.05) is 42.5 Å². The average Bonchev–Trinajstić information content (AvgIpc) is 3.39. The number of rotatable bonds is 8. The minimum Gasteiger partial charge on any atom is -0.492 e. The number of nitrogens with zero attached hydrogens (tertiary/aromatic N) is 1. The molecule has 0 radical (unpaired) electrons. The molecule has 0 aromatic heterocycles. The van der Waals surface area contributed by atoms with E-state index in [0.717, 1.165) is 24.0 Å². The van der Waals surface area contributed by atoms with Crippen molar-refractivity contribution in [3.8, 4) is 16.9 Å². The summed E-state index contributed by atoms with van der Waals surface area (Å²) in [6, 6.07) is 23.9. The number of carbonyl (C=O) groups is 1. The normalized spacial score (nSPS) is 14.2. The Labute approximate surface area is 188 Å². The van der Waals surface area contributed by atoms with Gasteiger partial charge in [0.1, 0.15) is 12.4 Å². The Morgan fingerprint density at radius 3 is 2.12 bits per heavy atom. The minimum absolute atomic E-state index is 0.166. The van der Waals surface area contributed by atoms with E-state index < -0.39 is 10.0 Å². The van der Waals surface area contributed by atoms with Crippen LogP contribution in [0.15, 0.2) is 83.8 Å². The minimum atomic E-state index is -3.42. The van der Waals surface area contributed by atoms with Gasteiger partial charge in [-0.25, -0.2) is 8.42 Å². The van der Waals surface area contributed by atoms with E-state index in [0.29, 0.717) is 30.9 Å². The Balaban J connectivity index is 1.25. The van der Waals surface area contributed by atoms with Gasteiger partial charge in [0.15, 0.2) is 0 Å². The van der Waals surface area contributed by atoms with E-state index in [1.165, 1.54) is 4.31 Å². The van der Waals surface area contributed by atoms with Crippen LogP contribution >= 0.6 is 0 Å². The summed E-state index contributed by atoms with van der Waals surface area (Å²) >= 11 is 0.